The van der Waals surface area contributed by atoms with Crippen LogP contribution in [-0.2, 0) is 19.5 Å². The highest BCUT2D eigenvalue weighted by Gasteiger charge is 2.35. The standard InChI is InChI=1S/C48H74N16O10S2/c1-61(27-31-65)19-11-57(12-20-61)45-51-43(52-46(55-45)58-13-21-62(2,22-14-58)28-32-66)49-39-9-7-37(41(35-39)75-74-73-69)5-6-38-8-10-40(36-42(38)76(70,71)72)50-44-53-47(59-15-23-63(3,24-16-59)29-33-67)56-48(54-44)60-17-25-64(4,26-18-60)30-34-68/h5-10,35-36,65-68H,11-34H2,1-4H3,(H2-2,49,50,51,52,53,54,55,56,69,70,71,72)/q+2/b6-5+. The van der Waals surface area contributed by atoms with Gasteiger partial charge in [-0.25, -0.2) is 8.42 Å². The van der Waals surface area contributed by atoms with E-state index >= 15 is 0 Å². The number of anilines is 8. The molecule has 0 unspecified atom stereocenters. The molecule has 4 saturated heterocycles. The van der Waals surface area contributed by atoms with Gasteiger partial charge in [0.05, 0.1) is 176 Å². The molecule has 0 saturated carbocycles. The number of nitrogens with zero attached hydrogens (tertiary/aromatic N) is 14. The summed E-state index contributed by atoms with van der Waals surface area (Å²) in [6.45, 7) is 14.5. The first-order valence-corrected chi connectivity index (χ1v) is 27.9. The van der Waals surface area contributed by atoms with E-state index in [1.807, 2.05) is 0 Å². The zero-order chi connectivity index (χ0) is 54.1. The van der Waals surface area contributed by atoms with Crippen LogP contribution in [-0.4, -0.2) is 267 Å². The van der Waals surface area contributed by atoms with Crippen LogP contribution < -0.4 is 35.5 Å². The molecule has 4 aliphatic heterocycles. The molecule has 0 amide bonds. The summed E-state index contributed by atoms with van der Waals surface area (Å²) in [6.07, 6.45) is 3.07. The maximum Gasteiger partial charge on any atom is 0.233 e. The summed E-state index contributed by atoms with van der Waals surface area (Å²) < 4.78 is 46.5. The van der Waals surface area contributed by atoms with Gasteiger partial charge in [0.25, 0.3) is 0 Å². The molecule has 0 aliphatic carbocycles. The lowest BCUT2D eigenvalue weighted by molar-refractivity contribution is -0.910. The number of piperazine rings is 4. The Morgan fingerprint density at radius 3 is 1.21 bits per heavy atom. The lowest BCUT2D eigenvalue weighted by atomic mass is 10.1. The number of hydrogen-bond acceptors (Lipinski definition) is 23. The largest absolute Gasteiger partial charge is 0.744 e. The molecule has 28 heteroatoms. The smallest absolute Gasteiger partial charge is 0.233 e. The first-order chi connectivity index (χ1) is 36.4. The van der Waals surface area contributed by atoms with Gasteiger partial charge in [0, 0.05) is 16.3 Å². The van der Waals surface area contributed by atoms with E-state index in [-0.39, 0.29) is 49.6 Å². The Labute approximate surface area is 448 Å². The molecule has 0 spiro atoms. The van der Waals surface area contributed by atoms with Crippen molar-refractivity contribution < 1.29 is 66.0 Å². The second-order valence-electron chi connectivity index (χ2n) is 21.3. The molecule has 6 N–H and O–H groups in total. The summed E-state index contributed by atoms with van der Waals surface area (Å²) in [5.41, 5.74) is 1.36. The maximum absolute atomic E-state index is 12.9. The fourth-order valence-electron chi connectivity index (χ4n) is 10.1. The van der Waals surface area contributed by atoms with Gasteiger partial charge in [-0.2, -0.15) is 34.2 Å². The SMILES string of the molecule is C[N+]1(CCO)CCN(c2nc(Nc3ccc(/C=C/c4ccc(Nc5nc(N6CC[N+](C)(CCO)CC6)nc(N6CC[N+](C)(CCO)CC6)n5)cc4S(=O)(=O)[O-])c(SOO[O-])c3)nc(N3CC[N+](C)(CCO)CC3)n2)CC1. The Morgan fingerprint density at radius 2 is 0.882 bits per heavy atom. The fraction of sp³-hybridized carbons (Fsp3) is 0.583. The normalized spacial score (nSPS) is 19.6. The Balaban J connectivity index is 1.04. The molecular weight excluding hydrogens is 1020 g/mol. The van der Waals surface area contributed by atoms with Crippen molar-refractivity contribution in [1.29, 1.82) is 0 Å². The van der Waals surface area contributed by atoms with E-state index < -0.39 is 15.0 Å². The van der Waals surface area contributed by atoms with Crippen LogP contribution in [0, 0.1) is 0 Å². The second-order valence-corrected chi connectivity index (χ2v) is 23.4. The fourth-order valence-corrected chi connectivity index (χ4v) is 11.3. The van der Waals surface area contributed by atoms with Crippen molar-refractivity contribution in [3.8, 4) is 0 Å². The van der Waals surface area contributed by atoms with Crippen LogP contribution in [0.3, 0.4) is 0 Å². The molecule has 4 aliphatic rings. The minimum Gasteiger partial charge on any atom is -0.744 e. The molecule has 76 heavy (non-hydrogen) atoms. The summed E-state index contributed by atoms with van der Waals surface area (Å²) in [5, 5.41) is 60.0. The van der Waals surface area contributed by atoms with Gasteiger partial charge in [-0.15, -0.1) is 0 Å². The van der Waals surface area contributed by atoms with Gasteiger partial charge < -0.3 is 78.4 Å². The Morgan fingerprint density at radius 1 is 0.553 bits per heavy atom. The topological polar surface area (TPSA) is 294 Å². The predicted octanol–water partition coefficient (Wildman–Crippen LogP) is -1.12. The number of quaternary nitrogens is 4. The van der Waals surface area contributed by atoms with E-state index in [1.54, 1.807) is 30.3 Å². The third-order valence-corrected chi connectivity index (χ3v) is 17.1. The van der Waals surface area contributed by atoms with Crippen molar-refractivity contribution in [2.45, 2.75) is 9.79 Å². The summed E-state index contributed by atoms with van der Waals surface area (Å²) >= 11 is 0.634. The summed E-state index contributed by atoms with van der Waals surface area (Å²) in [4.78, 5) is 37.4. The third kappa shape index (κ3) is 14.5. The lowest BCUT2D eigenvalue weighted by Gasteiger charge is -2.42. The highest BCUT2D eigenvalue weighted by atomic mass is 32.2. The lowest BCUT2D eigenvalue weighted by Crippen LogP contribution is -2.59. The minimum atomic E-state index is -5.04. The Kier molecular flexibility index (Phi) is 18.5. The highest BCUT2D eigenvalue weighted by molar-refractivity contribution is 7.94. The molecule has 4 aromatic rings. The van der Waals surface area contributed by atoms with Crippen molar-refractivity contribution in [2.75, 3.05) is 216 Å². The van der Waals surface area contributed by atoms with Crippen LogP contribution in [0.2, 0.25) is 0 Å². The highest BCUT2D eigenvalue weighted by Crippen LogP contribution is 2.33. The number of aliphatic hydroxyl groups excluding tert-OH is 4. The first-order valence-electron chi connectivity index (χ1n) is 25.8. The molecule has 4 fully saturated rings. The average Bonchev–Trinajstić information content (AvgIpc) is 3.39. The van der Waals surface area contributed by atoms with E-state index in [0.717, 1.165) is 61.3 Å². The van der Waals surface area contributed by atoms with Crippen LogP contribution >= 0.6 is 12.0 Å². The van der Waals surface area contributed by atoms with Gasteiger partial charge in [-0.1, -0.05) is 24.3 Å². The number of nitrogens with one attached hydrogen (secondary N) is 2. The quantitative estimate of drug-likeness (QED) is 0.0136. The van der Waals surface area contributed by atoms with Gasteiger partial charge in [-0.3, -0.25) is 5.04 Å². The molecule has 26 nitrogen and oxygen atoms in total. The van der Waals surface area contributed by atoms with Crippen molar-refractivity contribution in [1.82, 2.24) is 29.9 Å². The Bertz CT molecular complexity index is 2630. The number of hydrogen-bond donors (Lipinski definition) is 6. The van der Waals surface area contributed by atoms with Gasteiger partial charge in [-0.05, 0) is 35.4 Å². The van der Waals surface area contributed by atoms with Crippen LogP contribution in [0.25, 0.3) is 12.2 Å². The van der Waals surface area contributed by atoms with Crippen LogP contribution in [0.5, 0.6) is 0 Å². The van der Waals surface area contributed by atoms with Crippen molar-refractivity contribution in [3.05, 3.63) is 47.5 Å². The number of likely N-dealkylation sites (N-methyl/N-ethyl adjacent to an activating group) is 4. The molecule has 2 aromatic heterocycles. The van der Waals surface area contributed by atoms with Gasteiger partial charge in [0.15, 0.2) is 0 Å². The number of benzene rings is 2. The summed E-state index contributed by atoms with van der Waals surface area (Å²) in [7, 11) is 3.45. The molecule has 0 atom stereocenters. The first kappa shape index (κ1) is 57.0. The zero-order valence-corrected chi connectivity index (χ0v) is 45.5. The molecule has 8 rings (SSSR count). The summed E-state index contributed by atoms with van der Waals surface area (Å²) in [6, 6.07) is 9.52. The summed E-state index contributed by atoms with van der Waals surface area (Å²) in [5.74, 6) is 2.34. The molecule has 0 radical (unpaired) electrons. The molecular formula is C48H74N16O10S2+2. The molecule has 6 heterocycles. The van der Waals surface area contributed by atoms with Crippen LogP contribution in [0.1, 0.15) is 11.1 Å². The van der Waals surface area contributed by atoms with Crippen LogP contribution in [0.4, 0.5) is 47.1 Å². The Hall–Kier alpha value is -5.18. The van der Waals surface area contributed by atoms with E-state index in [9.17, 15) is 38.7 Å². The van der Waals surface area contributed by atoms with Crippen molar-refractivity contribution in [3.63, 3.8) is 0 Å². The van der Waals surface area contributed by atoms with Crippen molar-refractivity contribution >= 4 is 81.4 Å². The monoisotopic (exact) mass is 1100 g/mol. The second kappa shape index (κ2) is 24.7. The minimum absolute atomic E-state index is 0.0866. The molecule has 416 valence electrons. The van der Waals surface area contributed by atoms with E-state index in [4.69, 9.17) is 34.2 Å². The average molecular weight is 1100 g/mol. The van der Waals surface area contributed by atoms with Gasteiger partial charge >= 0.3 is 0 Å². The van der Waals surface area contributed by atoms with Gasteiger partial charge in [0.1, 0.15) is 36.3 Å². The number of aromatic nitrogens is 6. The predicted molar refractivity (Wildman–Crippen MR) is 284 cm³/mol. The van der Waals surface area contributed by atoms with Gasteiger partial charge in [0.2, 0.25) is 35.7 Å². The van der Waals surface area contributed by atoms with Crippen LogP contribution in [0.15, 0.2) is 46.2 Å². The van der Waals surface area contributed by atoms with E-state index in [1.165, 1.54) is 18.2 Å². The van der Waals surface area contributed by atoms with Crippen molar-refractivity contribution in [2.24, 2.45) is 0 Å². The van der Waals surface area contributed by atoms with E-state index in [2.05, 4.69) is 63.5 Å². The maximum atomic E-state index is 12.9. The van der Waals surface area contributed by atoms with E-state index in [0.29, 0.717) is 139 Å². The molecule has 0 bridgehead atoms. The molecule has 2 aromatic carbocycles. The number of rotatable bonds is 22. The zero-order valence-electron chi connectivity index (χ0n) is 43.9. The number of aliphatic hydroxyl groups is 4. The third-order valence-electron chi connectivity index (χ3n) is 15.6.